The lowest BCUT2D eigenvalue weighted by Gasteiger charge is -2.45. The Morgan fingerprint density at radius 2 is 1.55 bits per heavy atom. The zero-order valence-corrected chi connectivity index (χ0v) is 16.0. The molecule has 22 heavy (non-hydrogen) atoms. The molecule has 1 saturated carbocycles. The van der Waals surface area contributed by atoms with Crippen LogP contribution in [0.25, 0.3) is 0 Å². The van der Waals surface area contributed by atoms with Crippen molar-refractivity contribution in [2.24, 2.45) is 22.5 Å². The Morgan fingerprint density at radius 3 is 1.86 bits per heavy atom. The molecule has 1 fully saturated rings. The van der Waals surface area contributed by atoms with Crippen molar-refractivity contribution in [1.82, 2.24) is 0 Å². The standard InChI is InChI=1S/C19H37NO2/c1-14(2)19(11-9-10-12-19)22-15(21)18(8,17(6,7)20)13-16(3,4)5/h14H,9-13,20H2,1-8H3. The van der Waals surface area contributed by atoms with Crippen molar-refractivity contribution >= 4 is 5.97 Å². The van der Waals surface area contributed by atoms with Crippen LogP contribution in [0.3, 0.4) is 0 Å². The topological polar surface area (TPSA) is 52.3 Å². The summed E-state index contributed by atoms with van der Waals surface area (Å²) in [6, 6.07) is 0. The highest BCUT2D eigenvalue weighted by atomic mass is 16.6. The molecule has 0 amide bonds. The highest BCUT2D eigenvalue weighted by Gasteiger charge is 2.51. The second kappa shape index (κ2) is 6.14. The van der Waals surface area contributed by atoms with Crippen LogP contribution in [0, 0.1) is 16.7 Å². The molecule has 0 saturated heterocycles. The molecule has 1 rings (SSSR count). The molecule has 0 aliphatic heterocycles. The third-order valence-corrected chi connectivity index (χ3v) is 5.55. The van der Waals surface area contributed by atoms with Crippen molar-refractivity contribution in [3.8, 4) is 0 Å². The zero-order valence-electron chi connectivity index (χ0n) is 16.0. The first-order chi connectivity index (χ1) is 9.74. The van der Waals surface area contributed by atoms with Gasteiger partial charge in [-0.15, -0.1) is 0 Å². The average molecular weight is 312 g/mol. The van der Waals surface area contributed by atoms with Gasteiger partial charge >= 0.3 is 5.97 Å². The second-order valence-electron chi connectivity index (χ2n) is 9.61. The van der Waals surface area contributed by atoms with Gasteiger partial charge in [-0.1, -0.05) is 34.6 Å². The lowest BCUT2D eigenvalue weighted by atomic mass is 9.65. The molecule has 0 aromatic carbocycles. The molecule has 0 radical (unpaired) electrons. The van der Waals surface area contributed by atoms with Crippen molar-refractivity contribution in [1.29, 1.82) is 0 Å². The van der Waals surface area contributed by atoms with Crippen LogP contribution >= 0.6 is 0 Å². The van der Waals surface area contributed by atoms with Crippen molar-refractivity contribution in [2.75, 3.05) is 0 Å². The first kappa shape index (κ1) is 19.5. The van der Waals surface area contributed by atoms with Gasteiger partial charge in [0.15, 0.2) is 0 Å². The van der Waals surface area contributed by atoms with E-state index in [0.717, 1.165) is 32.1 Å². The normalized spacial score (nSPS) is 21.7. The van der Waals surface area contributed by atoms with E-state index in [1.807, 2.05) is 20.8 Å². The summed E-state index contributed by atoms with van der Waals surface area (Å²) in [5.74, 6) is 0.226. The van der Waals surface area contributed by atoms with E-state index in [4.69, 9.17) is 10.5 Å². The Morgan fingerprint density at radius 1 is 1.09 bits per heavy atom. The quantitative estimate of drug-likeness (QED) is 0.750. The van der Waals surface area contributed by atoms with E-state index in [9.17, 15) is 4.79 Å². The molecule has 1 aliphatic carbocycles. The molecule has 0 spiro atoms. The lowest BCUT2D eigenvalue weighted by molar-refractivity contribution is -0.182. The predicted octanol–water partition coefficient (Wildman–Crippen LogP) is 4.68. The van der Waals surface area contributed by atoms with Gasteiger partial charge in [0.25, 0.3) is 0 Å². The van der Waals surface area contributed by atoms with Crippen LogP contribution in [0.5, 0.6) is 0 Å². The molecule has 0 bridgehead atoms. The maximum Gasteiger partial charge on any atom is 0.314 e. The third-order valence-electron chi connectivity index (χ3n) is 5.55. The van der Waals surface area contributed by atoms with Crippen LogP contribution in [-0.2, 0) is 9.53 Å². The first-order valence-electron chi connectivity index (χ1n) is 8.76. The Kier molecular flexibility index (Phi) is 5.44. The minimum atomic E-state index is -0.685. The Labute approximate surface area is 137 Å². The van der Waals surface area contributed by atoms with Crippen molar-refractivity contribution < 1.29 is 9.53 Å². The SMILES string of the molecule is CC(C)C1(OC(=O)C(C)(CC(C)(C)C)C(C)(C)N)CCCC1. The van der Waals surface area contributed by atoms with Gasteiger partial charge < -0.3 is 10.5 Å². The number of nitrogens with two attached hydrogens (primary N) is 1. The number of carbonyl (C=O) groups excluding carboxylic acids is 1. The van der Waals surface area contributed by atoms with Gasteiger partial charge in [0.05, 0.1) is 5.41 Å². The molecule has 1 aliphatic rings. The van der Waals surface area contributed by atoms with Crippen LogP contribution in [0.4, 0.5) is 0 Å². The summed E-state index contributed by atoms with van der Waals surface area (Å²) in [7, 11) is 0. The maximum absolute atomic E-state index is 13.2. The minimum absolute atomic E-state index is 0.0189. The molecule has 1 atom stereocenters. The van der Waals surface area contributed by atoms with Gasteiger partial charge in [-0.25, -0.2) is 0 Å². The smallest absolute Gasteiger partial charge is 0.314 e. The number of hydrogen-bond donors (Lipinski definition) is 1. The van der Waals surface area contributed by atoms with Gasteiger partial charge in [0, 0.05) is 5.54 Å². The lowest BCUT2D eigenvalue weighted by Crippen LogP contribution is -2.57. The van der Waals surface area contributed by atoms with E-state index in [-0.39, 0.29) is 17.0 Å². The van der Waals surface area contributed by atoms with Crippen LogP contribution in [0.1, 0.15) is 87.5 Å². The zero-order chi connectivity index (χ0) is 17.4. The molecule has 0 aromatic rings. The van der Waals surface area contributed by atoms with E-state index < -0.39 is 11.0 Å². The Bertz CT molecular complexity index is 395. The van der Waals surface area contributed by atoms with Gasteiger partial charge in [0.2, 0.25) is 0 Å². The van der Waals surface area contributed by atoms with Crippen LogP contribution in [0.2, 0.25) is 0 Å². The van der Waals surface area contributed by atoms with E-state index in [1.54, 1.807) is 0 Å². The highest BCUT2D eigenvalue weighted by molar-refractivity contribution is 5.78. The molecular weight excluding hydrogens is 274 g/mol. The molecule has 3 nitrogen and oxygen atoms in total. The number of esters is 1. The van der Waals surface area contributed by atoms with Crippen molar-refractivity contribution in [3.63, 3.8) is 0 Å². The van der Waals surface area contributed by atoms with Gasteiger partial charge in [-0.2, -0.15) is 0 Å². The monoisotopic (exact) mass is 311 g/mol. The fraction of sp³-hybridized carbons (Fsp3) is 0.947. The van der Waals surface area contributed by atoms with Crippen LogP contribution < -0.4 is 5.73 Å². The summed E-state index contributed by atoms with van der Waals surface area (Å²) in [5, 5.41) is 0. The highest BCUT2D eigenvalue weighted by Crippen LogP contribution is 2.46. The second-order valence-corrected chi connectivity index (χ2v) is 9.61. The summed E-state index contributed by atoms with van der Waals surface area (Å²) in [4.78, 5) is 13.2. The fourth-order valence-electron chi connectivity index (χ4n) is 3.69. The van der Waals surface area contributed by atoms with Gasteiger partial charge in [-0.05, 0) is 64.2 Å². The number of rotatable bonds is 5. The van der Waals surface area contributed by atoms with E-state index in [0.29, 0.717) is 5.92 Å². The Balaban J connectivity index is 3.08. The molecule has 0 heterocycles. The summed E-state index contributed by atoms with van der Waals surface area (Å²) < 4.78 is 6.18. The third kappa shape index (κ3) is 4.04. The van der Waals surface area contributed by atoms with E-state index in [2.05, 4.69) is 34.6 Å². The molecule has 3 heteroatoms. The molecule has 0 aromatic heterocycles. The van der Waals surface area contributed by atoms with E-state index in [1.165, 1.54) is 0 Å². The largest absolute Gasteiger partial charge is 0.458 e. The minimum Gasteiger partial charge on any atom is -0.458 e. The van der Waals surface area contributed by atoms with Crippen LogP contribution in [-0.4, -0.2) is 17.1 Å². The van der Waals surface area contributed by atoms with Crippen molar-refractivity contribution in [2.45, 2.75) is 98.6 Å². The molecule has 130 valence electrons. The predicted molar refractivity (Wildman–Crippen MR) is 92.6 cm³/mol. The summed E-state index contributed by atoms with van der Waals surface area (Å²) in [5.41, 5.74) is 4.84. The maximum atomic E-state index is 13.2. The molecule has 1 unspecified atom stereocenters. The number of ether oxygens (including phenoxy) is 1. The van der Waals surface area contributed by atoms with Crippen molar-refractivity contribution in [3.05, 3.63) is 0 Å². The molecule has 2 N–H and O–H groups in total. The average Bonchev–Trinajstić information content (AvgIpc) is 2.74. The summed E-state index contributed by atoms with van der Waals surface area (Å²) in [6.45, 7) is 16.6. The summed E-state index contributed by atoms with van der Waals surface area (Å²) >= 11 is 0. The summed E-state index contributed by atoms with van der Waals surface area (Å²) in [6.07, 6.45) is 4.97. The van der Waals surface area contributed by atoms with Gasteiger partial charge in [-0.3, -0.25) is 4.79 Å². The van der Waals surface area contributed by atoms with Gasteiger partial charge in [0.1, 0.15) is 5.60 Å². The van der Waals surface area contributed by atoms with Crippen LogP contribution in [0.15, 0.2) is 0 Å². The Hall–Kier alpha value is -0.570. The van der Waals surface area contributed by atoms with E-state index >= 15 is 0 Å². The number of carbonyl (C=O) groups is 1. The fourth-order valence-corrected chi connectivity index (χ4v) is 3.69. The first-order valence-corrected chi connectivity index (χ1v) is 8.76. The number of hydrogen-bond acceptors (Lipinski definition) is 3. The molecular formula is C19H37NO2.